The predicted octanol–water partition coefficient (Wildman–Crippen LogP) is 1.62. The highest BCUT2D eigenvalue weighted by Crippen LogP contribution is 2.42. The van der Waals surface area contributed by atoms with Gasteiger partial charge < -0.3 is 14.6 Å². The van der Waals surface area contributed by atoms with Gasteiger partial charge in [0, 0.05) is 10.0 Å². The van der Waals surface area contributed by atoms with Crippen molar-refractivity contribution in [2.24, 2.45) is 0 Å². The molecule has 16 heavy (non-hydrogen) atoms. The quantitative estimate of drug-likeness (QED) is 0.855. The molecule has 0 aromatic heterocycles. The van der Waals surface area contributed by atoms with Crippen LogP contribution in [0.4, 0.5) is 0 Å². The van der Waals surface area contributed by atoms with Gasteiger partial charge in [0.2, 0.25) is 6.79 Å². The fraction of sp³-hybridized carbons (Fsp3) is 0.200. The van der Waals surface area contributed by atoms with Crippen LogP contribution in [0.25, 0.3) is 0 Å². The van der Waals surface area contributed by atoms with Crippen LogP contribution in [0.1, 0.15) is 15.9 Å². The average molecular weight is 287 g/mol. The minimum atomic E-state index is -0.975. The number of carbonyl (C=O) groups is 2. The monoisotopic (exact) mass is 286 g/mol. The van der Waals surface area contributed by atoms with Crippen LogP contribution in [0.3, 0.4) is 0 Å². The molecule has 0 saturated carbocycles. The summed E-state index contributed by atoms with van der Waals surface area (Å²) in [6.45, 7) is -0.000748. The van der Waals surface area contributed by atoms with Crippen LogP contribution in [0.2, 0.25) is 0 Å². The fourth-order valence-corrected chi connectivity index (χ4v) is 2.08. The van der Waals surface area contributed by atoms with Crippen molar-refractivity contribution in [2.45, 2.75) is 6.42 Å². The molecule has 0 bridgehead atoms. The number of halogens is 1. The van der Waals surface area contributed by atoms with Crippen molar-refractivity contribution in [2.75, 3.05) is 6.79 Å². The lowest BCUT2D eigenvalue weighted by atomic mass is 10.1. The Morgan fingerprint density at radius 1 is 1.50 bits per heavy atom. The first-order valence-electron chi connectivity index (χ1n) is 4.41. The number of carboxylic acid groups (broad SMARTS) is 1. The molecule has 0 spiro atoms. The number of aldehydes is 1. The smallest absolute Gasteiger partial charge is 0.308 e. The van der Waals surface area contributed by atoms with Crippen molar-refractivity contribution in [1.29, 1.82) is 0 Å². The molecule has 1 aliphatic rings. The molecule has 0 saturated heterocycles. The molecule has 0 aliphatic carbocycles. The van der Waals surface area contributed by atoms with Crippen molar-refractivity contribution >= 4 is 28.2 Å². The molecule has 1 aromatic carbocycles. The van der Waals surface area contributed by atoms with E-state index in [4.69, 9.17) is 14.6 Å². The number of hydrogen-bond donors (Lipinski definition) is 1. The number of carboxylic acids is 1. The first-order chi connectivity index (χ1) is 7.63. The first-order valence-corrected chi connectivity index (χ1v) is 5.20. The maximum absolute atomic E-state index is 10.8. The van der Waals surface area contributed by atoms with Crippen molar-refractivity contribution in [3.63, 3.8) is 0 Å². The molecule has 0 amide bonds. The van der Waals surface area contributed by atoms with Crippen LogP contribution in [0.15, 0.2) is 10.5 Å². The van der Waals surface area contributed by atoms with E-state index in [0.29, 0.717) is 33.4 Å². The molecule has 1 aliphatic heterocycles. The SMILES string of the molecule is O=Cc1cc(Br)c(CC(=O)O)c2c1OCO2. The van der Waals surface area contributed by atoms with Gasteiger partial charge >= 0.3 is 5.97 Å². The summed E-state index contributed by atoms with van der Waals surface area (Å²) < 4.78 is 10.8. The van der Waals surface area contributed by atoms with Gasteiger partial charge in [0.1, 0.15) is 0 Å². The van der Waals surface area contributed by atoms with E-state index < -0.39 is 5.97 Å². The van der Waals surface area contributed by atoms with Gasteiger partial charge in [0.25, 0.3) is 0 Å². The van der Waals surface area contributed by atoms with Gasteiger partial charge in [-0.3, -0.25) is 9.59 Å². The molecule has 0 unspecified atom stereocenters. The summed E-state index contributed by atoms with van der Waals surface area (Å²) in [6, 6.07) is 1.53. The second kappa shape index (κ2) is 4.13. The Labute approximate surface area is 99.1 Å². The Morgan fingerprint density at radius 3 is 2.81 bits per heavy atom. The summed E-state index contributed by atoms with van der Waals surface area (Å²) in [7, 11) is 0. The van der Waals surface area contributed by atoms with Gasteiger partial charge in [-0.25, -0.2) is 0 Å². The van der Waals surface area contributed by atoms with Gasteiger partial charge in [-0.1, -0.05) is 15.9 Å². The van der Waals surface area contributed by atoms with Crippen LogP contribution in [0, 0.1) is 0 Å². The van der Waals surface area contributed by atoms with E-state index in [0.717, 1.165) is 0 Å². The summed E-state index contributed by atoms with van der Waals surface area (Å²) in [5.41, 5.74) is 0.819. The lowest BCUT2D eigenvalue weighted by Crippen LogP contribution is -2.03. The van der Waals surface area contributed by atoms with Gasteiger partial charge in [0.15, 0.2) is 17.8 Å². The minimum absolute atomic E-state index is 0.000748. The zero-order chi connectivity index (χ0) is 11.7. The van der Waals surface area contributed by atoms with Gasteiger partial charge in [0.05, 0.1) is 12.0 Å². The first kappa shape index (κ1) is 10.9. The molecule has 0 fully saturated rings. The molecule has 6 heteroatoms. The summed E-state index contributed by atoms with van der Waals surface area (Å²) in [4.78, 5) is 21.5. The molecule has 0 radical (unpaired) electrons. The van der Waals surface area contributed by atoms with Crippen LogP contribution < -0.4 is 9.47 Å². The number of aliphatic carboxylic acids is 1. The number of rotatable bonds is 3. The summed E-state index contributed by atoms with van der Waals surface area (Å²) in [5, 5.41) is 8.76. The molecule has 1 N–H and O–H groups in total. The van der Waals surface area contributed by atoms with Crippen LogP contribution in [-0.2, 0) is 11.2 Å². The topological polar surface area (TPSA) is 72.8 Å². The van der Waals surface area contributed by atoms with Gasteiger partial charge in [-0.2, -0.15) is 0 Å². The highest BCUT2D eigenvalue weighted by Gasteiger charge is 2.25. The summed E-state index contributed by atoms with van der Waals surface area (Å²) in [6.07, 6.45) is 0.453. The van der Waals surface area contributed by atoms with E-state index in [1.807, 2.05) is 0 Å². The molecular formula is C10H7BrO5. The lowest BCUT2D eigenvalue weighted by molar-refractivity contribution is -0.136. The maximum atomic E-state index is 10.8. The standard InChI is InChI=1S/C10H7BrO5/c11-7-1-5(3-12)9-10(16-4-15-9)6(7)2-8(13)14/h1,3H,2,4H2,(H,13,14). The fourth-order valence-electron chi connectivity index (χ4n) is 1.52. The second-order valence-electron chi connectivity index (χ2n) is 3.18. The number of benzene rings is 1. The molecular weight excluding hydrogens is 280 g/mol. The Hall–Kier alpha value is -1.56. The van der Waals surface area contributed by atoms with Gasteiger partial charge in [-0.15, -0.1) is 0 Å². The lowest BCUT2D eigenvalue weighted by Gasteiger charge is -2.07. The summed E-state index contributed by atoms with van der Waals surface area (Å²) >= 11 is 3.21. The molecule has 5 nitrogen and oxygen atoms in total. The zero-order valence-corrected chi connectivity index (χ0v) is 9.61. The van der Waals surface area contributed by atoms with Crippen molar-refractivity contribution in [3.8, 4) is 11.5 Å². The third-order valence-electron chi connectivity index (χ3n) is 2.17. The van der Waals surface area contributed by atoms with E-state index in [-0.39, 0.29) is 13.2 Å². The van der Waals surface area contributed by atoms with E-state index in [1.165, 1.54) is 6.07 Å². The Morgan fingerprint density at radius 2 is 2.19 bits per heavy atom. The highest BCUT2D eigenvalue weighted by molar-refractivity contribution is 9.10. The number of carbonyl (C=O) groups excluding carboxylic acids is 1. The van der Waals surface area contributed by atoms with Crippen molar-refractivity contribution in [3.05, 3.63) is 21.7 Å². The molecule has 1 heterocycles. The summed E-state index contributed by atoms with van der Waals surface area (Å²) in [5.74, 6) is -0.328. The Kier molecular flexibility index (Phi) is 2.82. The molecule has 84 valence electrons. The Balaban J connectivity index is 2.57. The van der Waals surface area contributed by atoms with E-state index >= 15 is 0 Å². The zero-order valence-electron chi connectivity index (χ0n) is 8.03. The van der Waals surface area contributed by atoms with Crippen LogP contribution >= 0.6 is 15.9 Å². The average Bonchev–Trinajstić information content (AvgIpc) is 2.70. The number of ether oxygens (including phenoxy) is 2. The highest BCUT2D eigenvalue weighted by atomic mass is 79.9. The van der Waals surface area contributed by atoms with Crippen molar-refractivity contribution < 1.29 is 24.2 Å². The molecule has 1 aromatic rings. The van der Waals surface area contributed by atoms with E-state index in [2.05, 4.69) is 15.9 Å². The third kappa shape index (κ3) is 1.76. The van der Waals surface area contributed by atoms with Crippen LogP contribution in [-0.4, -0.2) is 24.2 Å². The Bertz CT molecular complexity index is 469. The predicted molar refractivity (Wildman–Crippen MR) is 57.0 cm³/mol. The van der Waals surface area contributed by atoms with E-state index in [1.54, 1.807) is 0 Å². The van der Waals surface area contributed by atoms with Gasteiger partial charge in [-0.05, 0) is 6.07 Å². The normalized spacial score (nSPS) is 12.6. The minimum Gasteiger partial charge on any atom is -0.481 e. The maximum Gasteiger partial charge on any atom is 0.308 e. The number of hydrogen-bond acceptors (Lipinski definition) is 4. The van der Waals surface area contributed by atoms with E-state index in [9.17, 15) is 9.59 Å². The van der Waals surface area contributed by atoms with Crippen LogP contribution in [0.5, 0.6) is 11.5 Å². The molecule has 2 rings (SSSR count). The number of fused-ring (bicyclic) bond motifs is 1. The third-order valence-corrected chi connectivity index (χ3v) is 2.88. The molecule has 0 atom stereocenters. The largest absolute Gasteiger partial charge is 0.481 e. The second-order valence-corrected chi connectivity index (χ2v) is 4.03. The van der Waals surface area contributed by atoms with Crippen molar-refractivity contribution in [1.82, 2.24) is 0 Å².